The molecule has 0 saturated carbocycles. The molecule has 86 valence electrons. The molecule has 16 heavy (non-hydrogen) atoms. The lowest BCUT2D eigenvalue weighted by Gasteiger charge is -1.99. The molecule has 0 heterocycles. The lowest BCUT2D eigenvalue weighted by Crippen LogP contribution is -2.01. The molecule has 0 amide bonds. The van der Waals surface area contributed by atoms with Crippen LogP contribution in [0.2, 0.25) is 0 Å². The lowest BCUT2D eigenvalue weighted by atomic mass is 10.3. The second-order valence-electron chi connectivity index (χ2n) is 3.16. The molecule has 1 rings (SSSR count). The third-order valence-electron chi connectivity index (χ3n) is 1.72. The highest BCUT2D eigenvalue weighted by molar-refractivity contribution is 7.94. The summed E-state index contributed by atoms with van der Waals surface area (Å²) in [7, 11) is -3.61. The van der Waals surface area contributed by atoms with E-state index in [0.29, 0.717) is 0 Å². The monoisotopic (exact) mass is 242 g/mol. The Kier molecular flexibility index (Phi) is 3.28. The SMILES string of the molecule is CC(N)=CS(=O)(=O)c1ccc([N+](=O)[O-])cc1. The molecule has 7 heteroatoms. The number of nitrogens with two attached hydrogens (primary N) is 1. The van der Waals surface area contributed by atoms with Crippen LogP contribution >= 0.6 is 0 Å². The van der Waals surface area contributed by atoms with E-state index in [0.717, 1.165) is 17.5 Å². The first-order valence-electron chi connectivity index (χ1n) is 4.26. The van der Waals surface area contributed by atoms with Crippen molar-refractivity contribution in [2.24, 2.45) is 5.73 Å². The summed E-state index contributed by atoms with van der Waals surface area (Å²) in [5, 5.41) is 11.3. The van der Waals surface area contributed by atoms with Gasteiger partial charge in [0.1, 0.15) is 0 Å². The molecule has 0 aliphatic carbocycles. The molecule has 2 N–H and O–H groups in total. The zero-order chi connectivity index (χ0) is 12.3. The van der Waals surface area contributed by atoms with E-state index >= 15 is 0 Å². The Morgan fingerprint density at radius 1 is 1.38 bits per heavy atom. The number of sulfone groups is 1. The lowest BCUT2D eigenvalue weighted by molar-refractivity contribution is -0.384. The molecular formula is C9H10N2O4S. The summed E-state index contributed by atoms with van der Waals surface area (Å²) in [6.07, 6.45) is 0. The molecule has 1 aromatic rings. The van der Waals surface area contributed by atoms with Crippen LogP contribution in [-0.2, 0) is 9.84 Å². The molecule has 0 aliphatic heterocycles. The molecule has 0 saturated heterocycles. The number of hydrogen-bond donors (Lipinski definition) is 1. The number of nitro groups is 1. The number of nitrogens with zero attached hydrogens (tertiary/aromatic N) is 1. The first-order valence-corrected chi connectivity index (χ1v) is 5.81. The van der Waals surface area contributed by atoms with Crippen molar-refractivity contribution in [3.05, 3.63) is 45.5 Å². The third kappa shape index (κ3) is 2.80. The summed E-state index contributed by atoms with van der Waals surface area (Å²) in [6.45, 7) is 1.45. The first-order chi connectivity index (χ1) is 7.33. The summed E-state index contributed by atoms with van der Waals surface area (Å²) in [5.74, 6) is 0. The van der Waals surface area contributed by atoms with Crippen LogP contribution in [0.3, 0.4) is 0 Å². The number of nitro benzene ring substituents is 1. The van der Waals surface area contributed by atoms with Gasteiger partial charge < -0.3 is 5.73 Å². The number of hydrogen-bond acceptors (Lipinski definition) is 5. The van der Waals surface area contributed by atoms with Crippen molar-refractivity contribution in [1.29, 1.82) is 0 Å². The van der Waals surface area contributed by atoms with Gasteiger partial charge in [-0.05, 0) is 19.1 Å². The van der Waals surface area contributed by atoms with Crippen molar-refractivity contribution in [1.82, 2.24) is 0 Å². The Morgan fingerprint density at radius 2 is 1.88 bits per heavy atom. The van der Waals surface area contributed by atoms with E-state index in [2.05, 4.69) is 0 Å². The fourth-order valence-electron chi connectivity index (χ4n) is 1.07. The second-order valence-corrected chi connectivity index (χ2v) is 4.96. The van der Waals surface area contributed by atoms with Crippen LogP contribution in [0.25, 0.3) is 0 Å². The molecular weight excluding hydrogens is 232 g/mol. The maximum Gasteiger partial charge on any atom is 0.269 e. The van der Waals surface area contributed by atoms with Crippen LogP contribution in [0, 0.1) is 10.1 Å². The minimum atomic E-state index is -3.61. The van der Waals surface area contributed by atoms with Gasteiger partial charge in [-0.15, -0.1) is 0 Å². The molecule has 1 aromatic carbocycles. The molecule has 0 bridgehead atoms. The van der Waals surface area contributed by atoms with E-state index in [1.165, 1.54) is 19.1 Å². The third-order valence-corrected chi connectivity index (χ3v) is 3.33. The molecule has 0 atom stereocenters. The van der Waals surface area contributed by atoms with Crippen molar-refractivity contribution in [2.45, 2.75) is 11.8 Å². The average molecular weight is 242 g/mol. The fraction of sp³-hybridized carbons (Fsp3) is 0.111. The normalized spacial score (nSPS) is 12.4. The number of allylic oxidation sites excluding steroid dienone is 1. The van der Waals surface area contributed by atoms with Crippen LogP contribution in [0.4, 0.5) is 5.69 Å². The molecule has 0 fully saturated rings. The largest absolute Gasteiger partial charge is 0.402 e. The highest BCUT2D eigenvalue weighted by atomic mass is 32.2. The fourth-order valence-corrected chi connectivity index (χ4v) is 2.21. The van der Waals surface area contributed by atoms with Gasteiger partial charge in [-0.25, -0.2) is 8.42 Å². The van der Waals surface area contributed by atoms with E-state index in [1.807, 2.05) is 0 Å². The van der Waals surface area contributed by atoms with E-state index in [4.69, 9.17) is 5.73 Å². The molecule has 0 spiro atoms. The van der Waals surface area contributed by atoms with Gasteiger partial charge >= 0.3 is 0 Å². The number of non-ortho nitro benzene ring substituents is 1. The predicted octanol–water partition coefficient (Wildman–Crippen LogP) is 1.19. The Morgan fingerprint density at radius 3 is 2.25 bits per heavy atom. The Balaban J connectivity index is 3.17. The van der Waals surface area contributed by atoms with E-state index < -0.39 is 14.8 Å². The first kappa shape index (κ1) is 12.2. The Hall–Kier alpha value is -1.89. The van der Waals surface area contributed by atoms with Crippen LogP contribution in [-0.4, -0.2) is 13.3 Å². The smallest absolute Gasteiger partial charge is 0.269 e. The van der Waals surface area contributed by atoms with Crippen molar-refractivity contribution >= 4 is 15.5 Å². The number of rotatable bonds is 3. The molecule has 0 unspecified atom stereocenters. The van der Waals surface area contributed by atoms with E-state index in [1.54, 1.807) is 0 Å². The second kappa shape index (κ2) is 4.31. The van der Waals surface area contributed by atoms with Gasteiger partial charge in [-0.1, -0.05) is 0 Å². The van der Waals surface area contributed by atoms with Gasteiger partial charge in [0, 0.05) is 17.8 Å². The van der Waals surface area contributed by atoms with Gasteiger partial charge in [-0.2, -0.15) is 0 Å². The van der Waals surface area contributed by atoms with Crippen LogP contribution in [0.5, 0.6) is 0 Å². The van der Waals surface area contributed by atoms with Gasteiger partial charge in [-0.3, -0.25) is 10.1 Å². The topological polar surface area (TPSA) is 103 Å². The average Bonchev–Trinajstić information content (AvgIpc) is 2.16. The summed E-state index contributed by atoms with van der Waals surface area (Å²) >= 11 is 0. The zero-order valence-electron chi connectivity index (χ0n) is 8.45. The van der Waals surface area contributed by atoms with Crippen molar-refractivity contribution < 1.29 is 13.3 Å². The van der Waals surface area contributed by atoms with Crippen LogP contribution in [0.15, 0.2) is 40.3 Å². The molecule has 0 radical (unpaired) electrons. The zero-order valence-corrected chi connectivity index (χ0v) is 9.27. The standard InChI is InChI=1S/C9H10N2O4S/c1-7(10)6-16(14,15)9-4-2-8(3-5-9)11(12)13/h2-6H,10H2,1H3. The van der Waals surface area contributed by atoms with Gasteiger partial charge in [0.2, 0.25) is 9.84 Å². The summed E-state index contributed by atoms with van der Waals surface area (Å²) < 4.78 is 23.2. The quantitative estimate of drug-likeness (QED) is 0.633. The van der Waals surface area contributed by atoms with Crippen molar-refractivity contribution in [3.8, 4) is 0 Å². The summed E-state index contributed by atoms with van der Waals surface area (Å²) in [5.41, 5.74) is 5.26. The van der Waals surface area contributed by atoms with Crippen molar-refractivity contribution in [3.63, 3.8) is 0 Å². The van der Waals surface area contributed by atoms with E-state index in [-0.39, 0.29) is 16.3 Å². The minimum Gasteiger partial charge on any atom is -0.402 e. The maximum absolute atomic E-state index is 11.6. The van der Waals surface area contributed by atoms with Crippen LogP contribution in [0.1, 0.15) is 6.92 Å². The maximum atomic E-state index is 11.6. The van der Waals surface area contributed by atoms with Crippen molar-refractivity contribution in [2.75, 3.05) is 0 Å². The molecule has 6 nitrogen and oxygen atoms in total. The van der Waals surface area contributed by atoms with Crippen LogP contribution < -0.4 is 5.73 Å². The minimum absolute atomic E-state index is 0.0251. The predicted molar refractivity (Wildman–Crippen MR) is 58.2 cm³/mol. The summed E-state index contributed by atoms with van der Waals surface area (Å²) in [4.78, 5) is 9.74. The Bertz CT molecular complexity index is 527. The van der Waals surface area contributed by atoms with Gasteiger partial charge in [0.15, 0.2) is 0 Å². The molecule has 0 aromatic heterocycles. The van der Waals surface area contributed by atoms with E-state index in [9.17, 15) is 18.5 Å². The number of benzene rings is 1. The highest BCUT2D eigenvalue weighted by Gasteiger charge is 2.13. The molecule has 0 aliphatic rings. The van der Waals surface area contributed by atoms with Gasteiger partial charge in [0.05, 0.1) is 15.2 Å². The summed E-state index contributed by atoms with van der Waals surface area (Å²) in [6, 6.07) is 4.61. The Labute approximate surface area is 92.5 Å². The highest BCUT2D eigenvalue weighted by Crippen LogP contribution is 2.17. The van der Waals surface area contributed by atoms with Gasteiger partial charge in [0.25, 0.3) is 5.69 Å².